The van der Waals surface area contributed by atoms with Crippen LogP contribution in [0.4, 0.5) is 0 Å². The zero-order chi connectivity index (χ0) is 13.7. The lowest BCUT2D eigenvalue weighted by molar-refractivity contribution is -0.530. The number of rotatable bonds is 6. The molecule has 0 amide bonds. The second kappa shape index (κ2) is 6.05. The summed E-state index contributed by atoms with van der Waals surface area (Å²) in [6, 6.07) is 7.39. The van der Waals surface area contributed by atoms with Gasteiger partial charge in [-0.2, -0.15) is 0 Å². The van der Waals surface area contributed by atoms with Crippen LogP contribution < -0.4 is 0 Å². The first kappa shape index (κ1) is 14.0. The van der Waals surface area contributed by atoms with Crippen molar-refractivity contribution in [3.05, 3.63) is 46.0 Å². The predicted octanol–water partition coefficient (Wildman–Crippen LogP) is 2.19. The molecule has 0 heterocycles. The van der Waals surface area contributed by atoms with E-state index in [9.17, 15) is 19.7 Å². The molecule has 0 saturated carbocycles. The summed E-state index contributed by atoms with van der Waals surface area (Å²) < 4.78 is 0. The van der Waals surface area contributed by atoms with Gasteiger partial charge in [0.25, 0.3) is 0 Å². The molecule has 1 aromatic rings. The second-order valence-electron chi connectivity index (χ2n) is 4.22. The number of hydrogen-bond donors (Lipinski definition) is 0. The van der Waals surface area contributed by atoms with Crippen LogP contribution in [0.1, 0.15) is 31.9 Å². The molecule has 0 bridgehead atoms. The van der Waals surface area contributed by atoms with Crippen molar-refractivity contribution in [1.82, 2.24) is 0 Å². The molecule has 18 heavy (non-hydrogen) atoms. The lowest BCUT2D eigenvalue weighted by Gasteiger charge is -2.14. The number of benzene rings is 1. The average molecular weight is 249 g/mol. The van der Waals surface area contributed by atoms with Gasteiger partial charge in [0, 0.05) is 16.9 Å². The Morgan fingerprint density at radius 2 is 1.67 bits per heavy atom. The van der Waals surface area contributed by atoms with Gasteiger partial charge in [-0.05, 0) is 13.8 Å². The van der Waals surface area contributed by atoms with Crippen LogP contribution in [0, 0.1) is 16.0 Å². The van der Waals surface area contributed by atoms with E-state index in [2.05, 4.69) is 0 Å². The molecule has 0 fully saturated rings. The maximum atomic E-state index is 11.3. The molecule has 0 N–H and O–H groups in total. The van der Waals surface area contributed by atoms with Crippen LogP contribution in [-0.4, -0.2) is 16.5 Å². The minimum atomic E-state index is -1.02. The smallest absolute Gasteiger partial charge is 0.239 e. The van der Waals surface area contributed by atoms with E-state index in [-0.39, 0.29) is 18.0 Å². The Kier molecular flexibility index (Phi) is 4.71. The van der Waals surface area contributed by atoms with Crippen LogP contribution in [0.2, 0.25) is 0 Å². The summed E-state index contributed by atoms with van der Waals surface area (Å²) in [7, 11) is 0. The topological polar surface area (TPSA) is 77.3 Å². The zero-order valence-corrected chi connectivity index (χ0v) is 10.3. The summed E-state index contributed by atoms with van der Waals surface area (Å²) in [6.45, 7) is 2.57. The molecule has 0 aliphatic carbocycles. The third-order valence-electron chi connectivity index (χ3n) is 2.88. The van der Waals surface area contributed by atoms with Gasteiger partial charge in [-0.3, -0.25) is 19.7 Å². The molecule has 0 aliphatic heterocycles. The molecule has 1 rings (SSSR count). The zero-order valence-electron chi connectivity index (χ0n) is 10.3. The normalized spacial score (nSPS) is 12.2. The highest BCUT2D eigenvalue weighted by Crippen LogP contribution is 2.25. The first-order chi connectivity index (χ1) is 8.43. The van der Waals surface area contributed by atoms with Gasteiger partial charge in [0.1, 0.15) is 11.6 Å². The SMILES string of the molecule is CC(=O)C(CC(c1ccccc1)[N+](=O)[O-])C(C)=O. The summed E-state index contributed by atoms with van der Waals surface area (Å²) in [5.74, 6) is -1.56. The highest BCUT2D eigenvalue weighted by atomic mass is 16.6. The maximum Gasteiger partial charge on any atom is 0.239 e. The molecule has 0 aromatic heterocycles. The van der Waals surface area contributed by atoms with Crippen molar-refractivity contribution in [2.75, 3.05) is 0 Å². The van der Waals surface area contributed by atoms with Crippen molar-refractivity contribution in [3.8, 4) is 0 Å². The fourth-order valence-electron chi connectivity index (χ4n) is 1.86. The molecule has 5 nitrogen and oxygen atoms in total. The molecule has 1 atom stereocenters. The number of ketones is 2. The third-order valence-corrected chi connectivity index (χ3v) is 2.88. The van der Waals surface area contributed by atoms with E-state index in [0.29, 0.717) is 5.56 Å². The van der Waals surface area contributed by atoms with Crippen LogP contribution >= 0.6 is 0 Å². The number of hydrogen-bond acceptors (Lipinski definition) is 4. The van der Waals surface area contributed by atoms with Gasteiger partial charge in [-0.1, -0.05) is 30.3 Å². The molecule has 0 aliphatic rings. The standard InChI is InChI=1S/C13H15NO4/c1-9(15)12(10(2)16)8-13(14(17)18)11-6-4-3-5-7-11/h3-7,12-13H,8H2,1-2H3. The maximum absolute atomic E-state index is 11.3. The molecule has 0 radical (unpaired) electrons. The van der Waals surface area contributed by atoms with Crippen LogP contribution in [0.3, 0.4) is 0 Å². The predicted molar refractivity (Wildman–Crippen MR) is 65.6 cm³/mol. The van der Waals surface area contributed by atoms with Gasteiger partial charge < -0.3 is 0 Å². The quantitative estimate of drug-likeness (QED) is 0.440. The molecular formula is C13H15NO4. The minimum absolute atomic E-state index is 0.0817. The summed E-state index contributed by atoms with van der Waals surface area (Å²) in [5.41, 5.74) is 0.509. The molecule has 0 spiro atoms. The third kappa shape index (κ3) is 3.48. The summed E-state index contributed by atoms with van der Waals surface area (Å²) in [4.78, 5) is 33.3. The molecule has 1 aromatic carbocycles. The second-order valence-corrected chi connectivity index (χ2v) is 4.22. The molecule has 1 unspecified atom stereocenters. The van der Waals surface area contributed by atoms with E-state index >= 15 is 0 Å². The summed E-state index contributed by atoms with van der Waals surface area (Å²) in [5, 5.41) is 11.1. The first-order valence-corrected chi connectivity index (χ1v) is 5.62. The van der Waals surface area contributed by atoms with E-state index in [0.717, 1.165) is 0 Å². The Bertz CT molecular complexity index is 441. The lowest BCUT2D eigenvalue weighted by atomic mass is 9.90. The molecular weight excluding hydrogens is 234 g/mol. The Hall–Kier alpha value is -2.04. The van der Waals surface area contributed by atoms with Crippen LogP contribution in [-0.2, 0) is 9.59 Å². The highest BCUT2D eigenvalue weighted by molar-refractivity contribution is 6.00. The number of nitro groups is 1. The van der Waals surface area contributed by atoms with Gasteiger partial charge >= 0.3 is 0 Å². The van der Waals surface area contributed by atoms with Gasteiger partial charge in [0.2, 0.25) is 6.04 Å². The summed E-state index contributed by atoms with van der Waals surface area (Å²) in [6.07, 6.45) is -0.0817. The lowest BCUT2D eigenvalue weighted by Crippen LogP contribution is -2.25. The van der Waals surface area contributed by atoms with E-state index in [4.69, 9.17) is 0 Å². The van der Waals surface area contributed by atoms with E-state index in [1.54, 1.807) is 30.3 Å². The van der Waals surface area contributed by atoms with Crippen molar-refractivity contribution in [3.63, 3.8) is 0 Å². The Balaban J connectivity index is 2.98. The van der Waals surface area contributed by atoms with Gasteiger partial charge in [-0.15, -0.1) is 0 Å². The summed E-state index contributed by atoms with van der Waals surface area (Å²) >= 11 is 0. The Morgan fingerprint density at radius 1 is 1.17 bits per heavy atom. The van der Waals surface area contributed by atoms with Gasteiger partial charge in [0.15, 0.2) is 0 Å². The first-order valence-electron chi connectivity index (χ1n) is 5.62. The van der Waals surface area contributed by atoms with Crippen molar-refractivity contribution in [2.24, 2.45) is 5.92 Å². The van der Waals surface area contributed by atoms with Crippen molar-refractivity contribution in [2.45, 2.75) is 26.3 Å². The average Bonchev–Trinajstić information content (AvgIpc) is 2.29. The van der Waals surface area contributed by atoms with Crippen LogP contribution in [0.15, 0.2) is 30.3 Å². The largest absolute Gasteiger partial charge is 0.299 e. The van der Waals surface area contributed by atoms with Crippen molar-refractivity contribution in [1.29, 1.82) is 0 Å². The van der Waals surface area contributed by atoms with Crippen LogP contribution in [0.25, 0.3) is 0 Å². The van der Waals surface area contributed by atoms with Crippen molar-refractivity contribution >= 4 is 11.6 Å². The van der Waals surface area contributed by atoms with E-state index < -0.39 is 16.9 Å². The van der Waals surface area contributed by atoms with E-state index in [1.165, 1.54) is 13.8 Å². The highest BCUT2D eigenvalue weighted by Gasteiger charge is 2.31. The van der Waals surface area contributed by atoms with E-state index in [1.807, 2.05) is 0 Å². The molecule has 96 valence electrons. The number of nitrogens with zero attached hydrogens (tertiary/aromatic N) is 1. The Morgan fingerprint density at radius 3 is 2.06 bits per heavy atom. The number of carbonyl (C=O) groups excluding carboxylic acids is 2. The van der Waals surface area contributed by atoms with Crippen molar-refractivity contribution < 1.29 is 14.5 Å². The van der Waals surface area contributed by atoms with Gasteiger partial charge in [0.05, 0.1) is 5.92 Å². The van der Waals surface area contributed by atoms with Crippen LogP contribution in [0.5, 0.6) is 0 Å². The molecule has 0 saturated heterocycles. The monoisotopic (exact) mass is 249 g/mol. The number of Topliss-reactive ketones (excluding diaryl/α,β-unsaturated/α-hetero) is 2. The van der Waals surface area contributed by atoms with Gasteiger partial charge in [-0.25, -0.2) is 0 Å². The molecule has 5 heteroatoms. The minimum Gasteiger partial charge on any atom is -0.299 e. The number of carbonyl (C=O) groups is 2. The fourth-order valence-corrected chi connectivity index (χ4v) is 1.86. The fraction of sp³-hybridized carbons (Fsp3) is 0.385. The Labute approximate surface area is 105 Å².